The van der Waals surface area contributed by atoms with Gasteiger partial charge in [0, 0.05) is 19.6 Å². The number of anilines is 2. The minimum atomic E-state index is -4.94. The molecule has 2 saturated carbocycles. The molecular formula is C33H35F11N6O3. The summed E-state index contributed by atoms with van der Waals surface area (Å²) in [5.41, 5.74) is -6.97. The molecule has 2 aliphatic carbocycles. The molecule has 0 unspecified atom stereocenters. The number of fused-ring (bicyclic) bond motifs is 1. The minimum absolute atomic E-state index is 0.0148. The molecule has 3 N–H and O–H groups in total. The van der Waals surface area contributed by atoms with Crippen molar-refractivity contribution in [2.24, 2.45) is 17.9 Å². The van der Waals surface area contributed by atoms with Crippen LogP contribution in [-0.4, -0.2) is 57.8 Å². The van der Waals surface area contributed by atoms with Gasteiger partial charge in [-0.25, -0.2) is 13.8 Å². The molecule has 0 aliphatic heterocycles. The average molecular weight is 773 g/mol. The van der Waals surface area contributed by atoms with E-state index >= 15 is 0 Å². The summed E-state index contributed by atoms with van der Waals surface area (Å²) in [5, 5.41) is 7.28. The molecule has 2 fully saturated rings. The molecule has 2 heterocycles. The Balaban J connectivity index is 1.42. The Bertz CT molecular complexity index is 1820. The third-order valence-electron chi connectivity index (χ3n) is 10.0. The molecule has 5 rings (SSSR count). The molecule has 292 valence electrons. The second kappa shape index (κ2) is 14.4. The Morgan fingerprint density at radius 1 is 0.943 bits per heavy atom. The highest BCUT2D eigenvalue weighted by molar-refractivity contribution is 5.99. The number of nitrogens with one attached hydrogen (secondary N) is 3. The lowest BCUT2D eigenvalue weighted by atomic mass is 9.73. The number of carbonyl (C=O) groups is 2. The lowest BCUT2D eigenvalue weighted by Gasteiger charge is -2.38. The van der Waals surface area contributed by atoms with Crippen molar-refractivity contribution in [3.8, 4) is 5.88 Å². The van der Waals surface area contributed by atoms with Gasteiger partial charge in [-0.1, -0.05) is 25.8 Å². The van der Waals surface area contributed by atoms with Gasteiger partial charge in [0.15, 0.2) is 12.3 Å². The minimum Gasteiger partial charge on any atom is -0.471 e. The first-order valence-electron chi connectivity index (χ1n) is 16.5. The van der Waals surface area contributed by atoms with Crippen molar-refractivity contribution in [1.29, 1.82) is 0 Å². The molecule has 1 aromatic carbocycles. The monoisotopic (exact) mass is 772 g/mol. The zero-order chi connectivity index (χ0) is 39.1. The molecule has 20 heteroatoms. The second-order valence-electron chi connectivity index (χ2n) is 13.7. The van der Waals surface area contributed by atoms with E-state index in [2.05, 4.69) is 25.9 Å². The summed E-state index contributed by atoms with van der Waals surface area (Å²) in [5.74, 6) is -3.08. The fourth-order valence-electron chi connectivity index (χ4n) is 6.71. The van der Waals surface area contributed by atoms with E-state index in [0.717, 1.165) is 29.7 Å². The van der Waals surface area contributed by atoms with E-state index in [9.17, 15) is 57.9 Å². The number of benzene rings is 1. The highest BCUT2D eigenvalue weighted by Crippen LogP contribution is 2.51. The van der Waals surface area contributed by atoms with Crippen LogP contribution in [0.1, 0.15) is 79.8 Å². The summed E-state index contributed by atoms with van der Waals surface area (Å²) in [4.78, 5) is 34.4. The van der Waals surface area contributed by atoms with Crippen LogP contribution in [0.2, 0.25) is 0 Å². The van der Waals surface area contributed by atoms with Gasteiger partial charge in [0.25, 0.3) is 12.3 Å². The van der Waals surface area contributed by atoms with E-state index in [1.807, 2.05) is 0 Å². The fraction of sp³-hybridized carbons (Fsp3) is 0.576. The number of pyridine rings is 1. The largest absolute Gasteiger partial charge is 0.471 e. The smallest absolute Gasteiger partial charge is 0.418 e. The maximum Gasteiger partial charge on any atom is 0.418 e. The maximum absolute atomic E-state index is 14.1. The highest BCUT2D eigenvalue weighted by atomic mass is 19.4. The number of ether oxygens (including phenoxy) is 1. The molecular weight excluding hydrogens is 737 g/mol. The lowest BCUT2D eigenvalue weighted by molar-refractivity contribution is -0.228. The van der Waals surface area contributed by atoms with Crippen LogP contribution in [-0.2, 0) is 24.6 Å². The number of rotatable bonds is 10. The van der Waals surface area contributed by atoms with Crippen molar-refractivity contribution >= 4 is 34.6 Å². The highest BCUT2D eigenvalue weighted by Gasteiger charge is 2.61. The molecule has 0 saturated heterocycles. The van der Waals surface area contributed by atoms with Crippen molar-refractivity contribution in [2.45, 2.75) is 95.8 Å². The van der Waals surface area contributed by atoms with Crippen LogP contribution in [0, 0.1) is 10.8 Å². The molecule has 2 aliphatic rings. The predicted octanol–water partition coefficient (Wildman–Crippen LogP) is 8.35. The van der Waals surface area contributed by atoms with Crippen molar-refractivity contribution in [3.63, 3.8) is 0 Å². The number of amides is 2. The van der Waals surface area contributed by atoms with Gasteiger partial charge in [-0.3, -0.25) is 14.2 Å². The quantitative estimate of drug-likeness (QED) is 0.179. The summed E-state index contributed by atoms with van der Waals surface area (Å²) in [6, 6.07) is 3.01. The predicted molar refractivity (Wildman–Crippen MR) is 167 cm³/mol. The van der Waals surface area contributed by atoms with Crippen molar-refractivity contribution in [3.05, 3.63) is 41.0 Å². The summed E-state index contributed by atoms with van der Waals surface area (Å²) >= 11 is 0. The SMILES string of the molecule is Cn1c(Nc2cc(CNC(=O)C3(C(F)(F)F)CCCC3)ccc2C(F)(F)F)nc2cc(C(=O)NC3CCC(C)(C(F)(F)F)CC3)c(OCC(F)F)nc21. The molecule has 0 bridgehead atoms. The Kier molecular flexibility index (Phi) is 10.9. The van der Waals surface area contributed by atoms with E-state index in [1.54, 1.807) is 0 Å². The Morgan fingerprint density at radius 3 is 2.15 bits per heavy atom. The molecule has 2 amide bonds. The maximum atomic E-state index is 14.1. The number of alkyl halides is 11. The Morgan fingerprint density at radius 2 is 1.58 bits per heavy atom. The molecule has 9 nitrogen and oxygen atoms in total. The molecule has 53 heavy (non-hydrogen) atoms. The standard InChI is InChI=1S/C33H35F11N6O3/c1-29(32(39,40)41)11-7-18(8-12-29)46-25(51)19-14-22-24(49-26(19)53-16-23(34)35)50(2)28(48-22)47-21-13-17(5-6-20(21)31(36,37)38)15-45-27(52)30(33(42,43)44)9-3-4-10-30/h5-6,13-14,18,23H,3-4,7-12,15-16H2,1-2H3,(H,45,52)(H,46,51)(H,47,48). The van der Waals surface area contributed by atoms with Crippen LogP contribution in [0.3, 0.4) is 0 Å². The van der Waals surface area contributed by atoms with Gasteiger partial charge in [0.1, 0.15) is 16.5 Å². The molecule has 0 spiro atoms. The number of halogens is 11. The molecule has 3 aromatic rings. The number of carbonyl (C=O) groups excluding carboxylic acids is 2. The normalized spacial score (nSPS) is 20.8. The molecule has 2 aromatic heterocycles. The van der Waals surface area contributed by atoms with Crippen molar-refractivity contribution in [2.75, 3.05) is 11.9 Å². The van der Waals surface area contributed by atoms with Gasteiger partial charge in [-0.2, -0.15) is 44.5 Å². The zero-order valence-corrected chi connectivity index (χ0v) is 28.3. The lowest BCUT2D eigenvalue weighted by Crippen LogP contribution is -2.48. The number of aryl methyl sites for hydroxylation is 1. The van der Waals surface area contributed by atoms with Gasteiger partial charge in [-0.15, -0.1) is 0 Å². The summed E-state index contributed by atoms with van der Waals surface area (Å²) in [7, 11) is 1.30. The number of imidazole rings is 1. The van der Waals surface area contributed by atoms with Gasteiger partial charge in [0.2, 0.25) is 17.7 Å². The van der Waals surface area contributed by atoms with E-state index in [0.29, 0.717) is 6.07 Å². The summed E-state index contributed by atoms with van der Waals surface area (Å²) < 4.78 is 157. The number of hydrogen-bond donors (Lipinski definition) is 3. The van der Waals surface area contributed by atoms with E-state index in [1.165, 1.54) is 7.05 Å². The topological polar surface area (TPSA) is 110 Å². The summed E-state index contributed by atoms with van der Waals surface area (Å²) in [6.07, 6.45) is -18.3. The Hall–Kier alpha value is -4.39. The first-order chi connectivity index (χ1) is 24.5. The average Bonchev–Trinajstić information content (AvgIpc) is 3.68. The van der Waals surface area contributed by atoms with E-state index in [4.69, 9.17) is 4.74 Å². The van der Waals surface area contributed by atoms with Crippen LogP contribution < -0.4 is 20.7 Å². The van der Waals surface area contributed by atoms with Crippen LogP contribution in [0.5, 0.6) is 5.88 Å². The molecule has 0 atom stereocenters. The second-order valence-corrected chi connectivity index (χ2v) is 13.7. The van der Waals surface area contributed by atoms with E-state index in [-0.39, 0.29) is 61.2 Å². The van der Waals surface area contributed by atoms with Crippen LogP contribution in [0.4, 0.5) is 59.9 Å². The van der Waals surface area contributed by atoms with Gasteiger partial charge in [0.05, 0.1) is 16.7 Å². The van der Waals surface area contributed by atoms with E-state index < -0.39 is 102 Å². The number of aromatic nitrogens is 3. The first kappa shape index (κ1) is 39.8. The fourth-order valence-corrected chi connectivity index (χ4v) is 6.71. The molecule has 0 radical (unpaired) electrons. The summed E-state index contributed by atoms with van der Waals surface area (Å²) in [6.45, 7) is -0.647. The van der Waals surface area contributed by atoms with Gasteiger partial charge >= 0.3 is 18.5 Å². The van der Waals surface area contributed by atoms with Gasteiger partial charge < -0.3 is 20.7 Å². The first-order valence-corrected chi connectivity index (χ1v) is 16.5. The number of nitrogens with zero attached hydrogens (tertiary/aromatic N) is 3. The van der Waals surface area contributed by atoms with Crippen molar-refractivity contribution < 1.29 is 62.6 Å². The van der Waals surface area contributed by atoms with Crippen LogP contribution >= 0.6 is 0 Å². The third-order valence-corrected chi connectivity index (χ3v) is 10.0. The van der Waals surface area contributed by atoms with Gasteiger partial charge in [-0.05, 0) is 62.3 Å². The third kappa shape index (κ3) is 8.24. The zero-order valence-electron chi connectivity index (χ0n) is 28.3. The van der Waals surface area contributed by atoms with Crippen LogP contribution in [0.15, 0.2) is 24.3 Å². The Labute approximate surface area is 295 Å². The van der Waals surface area contributed by atoms with Crippen LogP contribution in [0.25, 0.3) is 11.2 Å². The number of hydrogen-bond acceptors (Lipinski definition) is 6. The van der Waals surface area contributed by atoms with Crippen molar-refractivity contribution in [1.82, 2.24) is 25.2 Å².